The molecule has 1 amide bonds. The molecule has 0 atom stereocenters. The summed E-state index contributed by atoms with van der Waals surface area (Å²) < 4.78 is 14.9. The van der Waals surface area contributed by atoms with Crippen molar-refractivity contribution in [1.29, 1.82) is 0 Å². The Kier molecular flexibility index (Phi) is 6.55. The molecule has 0 aromatic heterocycles. The van der Waals surface area contributed by atoms with Gasteiger partial charge in [0.25, 0.3) is 0 Å². The van der Waals surface area contributed by atoms with Crippen molar-refractivity contribution in [2.75, 3.05) is 12.1 Å². The third-order valence-electron chi connectivity index (χ3n) is 2.74. The Labute approximate surface area is 147 Å². The van der Waals surface area contributed by atoms with E-state index in [1.807, 2.05) is 0 Å². The zero-order valence-electron chi connectivity index (χ0n) is 15.5. The van der Waals surface area contributed by atoms with Crippen LogP contribution in [-0.4, -0.2) is 30.4 Å². The van der Waals surface area contributed by atoms with Crippen molar-refractivity contribution in [1.82, 2.24) is 0 Å². The molecule has 0 aliphatic rings. The molecule has 1 aromatic rings. The summed E-state index contributed by atoms with van der Waals surface area (Å²) in [6.07, 6.45) is -0.628. The van der Waals surface area contributed by atoms with Gasteiger partial charge in [-0.3, -0.25) is 10.1 Å². The monoisotopic (exact) mass is 351 g/mol. The molecule has 0 saturated heterocycles. The number of esters is 2. The van der Waals surface area contributed by atoms with Gasteiger partial charge in [-0.25, -0.2) is 9.59 Å². The second kappa shape index (κ2) is 8.00. The van der Waals surface area contributed by atoms with E-state index in [0.717, 1.165) is 0 Å². The molecule has 0 bridgehead atoms. The maximum absolute atomic E-state index is 12.0. The van der Waals surface area contributed by atoms with Gasteiger partial charge in [-0.1, -0.05) is 6.07 Å². The first kappa shape index (κ1) is 20.5. The third-order valence-corrected chi connectivity index (χ3v) is 2.74. The maximum atomic E-state index is 12.0. The van der Waals surface area contributed by atoms with Crippen molar-refractivity contribution in [3.05, 3.63) is 29.8 Å². The number of carbonyl (C=O) groups excluding carboxylic acids is 3. The van der Waals surface area contributed by atoms with E-state index >= 15 is 0 Å². The van der Waals surface area contributed by atoms with Crippen LogP contribution in [0.25, 0.3) is 0 Å². The first-order valence-corrected chi connectivity index (χ1v) is 7.83. The lowest BCUT2D eigenvalue weighted by atomic mass is 9.98. The van der Waals surface area contributed by atoms with Gasteiger partial charge in [-0.05, 0) is 59.7 Å². The number of benzene rings is 1. The molecule has 0 radical (unpaired) electrons. The average Bonchev–Trinajstić information content (AvgIpc) is 2.44. The summed E-state index contributed by atoms with van der Waals surface area (Å²) in [6, 6.07) is 6.16. The fraction of sp³-hybridized carbons (Fsp3) is 0.500. The van der Waals surface area contributed by atoms with Gasteiger partial charge in [0.1, 0.15) is 5.60 Å². The standard InChI is InChI=1S/C18H25NO6/c1-17(2,3)15(21)24-11-23-14(20)12-8-7-9-13(10-12)19-16(22)25-18(4,5)6/h7-10H,11H2,1-6H3,(H,19,22). The van der Waals surface area contributed by atoms with Gasteiger partial charge in [-0.2, -0.15) is 0 Å². The Morgan fingerprint density at radius 3 is 2.20 bits per heavy atom. The lowest BCUT2D eigenvalue weighted by Crippen LogP contribution is -2.27. The maximum Gasteiger partial charge on any atom is 0.412 e. The third kappa shape index (κ3) is 7.69. The highest BCUT2D eigenvalue weighted by Gasteiger charge is 2.23. The quantitative estimate of drug-likeness (QED) is 0.656. The van der Waals surface area contributed by atoms with E-state index < -0.39 is 35.8 Å². The Bertz CT molecular complexity index is 640. The SMILES string of the molecule is CC(C)(C)OC(=O)Nc1cccc(C(=O)OCOC(=O)C(C)(C)C)c1. The van der Waals surface area contributed by atoms with E-state index in [2.05, 4.69) is 5.32 Å². The molecule has 7 nitrogen and oxygen atoms in total. The first-order valence-electron chi connectivity index (χ1n) is 7.83. The van der Waals surface area contributed by atoms with Crippen LogP contribution in [0.15, 0.2) is 24.3 Å². The summed E-state index contributed by atoms with van der Waals surface area (Å²) in [4.78, 5) is 35.3. The second-order valence-electron chi connectivity index (χ2n) is 7.44. The Morgan fingerprint density at radius 1 is 1.00 bits per heavy atom. The van der Waals surface area contributed by atoms with Gasteiger partial charge in [-0.15, -0.1) is 0 Å². The molecule has 7 heteroatoms. The predicted octanol–water partition coefficient (Wildman–Crippen LogP) is 3.74. The van der Waals surface area contributed by atoms with E-state index in [1.54, 1.807) is 53.7 Å². The number of anilines is 1. The summed E-state index contributed by atoms with van der Waals surface area (Å²) in [5, 5.41) is 2.53. The summed E-state index contributed by atoms with van der Waals surface area (Å²) >= 11 is 0. The minimum Gasteiger partial charge on any atom is -0.444 e. The molecular weight excluding hydrogens is 326 g/mol. The Balaban J connectivity index is 2.60. The van der Waals surface area contributed by atoms with Gasteiger partial charge < -0.3 is 14.2 Å². The molecule has 0 spiro atoms. The summed E-state index contributed by atoms with van der Waals surface area (Å²) in [5.74, 6) is -1.14. The van der Waals surface area contributed by atoms with Crippen molar-refractivity contribution in [3.8, 4) is 0 Å². The number of rotatable bonds is 4. The van der Waals surface area contributed by atoms with Crippen LogP contribution in [0, 0.1) is 5.41 Å². The van der Waals surface area contributed by atoms with Crippen LogP contribution in [0.2, 0.25) is 0 Å². The van der Waals surface area contributed by atoms with Crippen molar-refractivity contribution in [2.24, 2.45) is 5.41 Å². The molecule has 0 aliphatic carbocycles. The number of amides is 1. The number of ether oxygens (including phenoxy) is 3. The normalized spacial score (nSPS) is 11.4. The van der Waals surface area contributed by atoms with E-state index in [0.29, 0.717) is 5.69 Å². The van der Waals surface area contributed by atoms with E-state index in [1.165, 1.54) is 12.1 Å². The summed E-state index contributed by atoms with van der Waals surface area (Å²) in [6.45, 7) is 9.87. The highest BCUT2D eigenvalue weighted by atomic mass is 16.7. The highest BCUT2D eigenvalue weighted by molar-refractivity contribution is 5.92. The number of carbonyl (C=O) groups is 3. The Hall–Kier alpha value is -2.57. The topological polar surface area (TPSA) is 90.9 Å². The first-order chi connectivity index (χ1) is 11.4. The number of nitrogens with one attached hydrogen (secondary N) is 1. The molecule has 25 heavy (non-hydrogen) atoms. The molecule has 1 aromatic carbocycles. The molecule has 0 saturated carbocycles. The van der Waals surface area contributed by atoms with Crippen LogP contribution in [0.3, 0.4) is 0 Å². The largest absolute Gasteiger partial charge is 0.444 e. The van der Waals surface area contributed by atoms with Crippen molar-refractivity contribution in [2.45, 2.75) is 47.1 Å². The van der Waals surface area contributed by atoms with E-state index in [-0.39, 0.29) is 5.56 Å². The number of hydrogen-bond acceptors (Lipinski definition) is 6. The van der Waals surface area contributed by atoms with Crippen molar-refractivity contribution < 1.29 is 28.6 Å². The Morgan fingerprint density at radius 2 is 1.64 bits per heavy atom. The summed E-state index contributed by atoms with van der Waals surface area (Å²) in [7, 11) is 0. The minimum absolute atomic E-state index is 0.209. The van der Waals surface area contributed by atoms with Crippen LogP contribution in [0.4, 0.5) is 10.5 Å². The van der Waals surface area contributed by atoms with Crippen molar-refractivity contribution in [3.63, 3.8) is 0 Å². The van der Waals surface area contributed by atoms with Crippen molar-refractivity contribution >= 4 is 23.7 Å². The number of hydrogen-bond donors (Lipinski definition) is 1. The smallest absolute Gasteiger partial charge is 0.412 e. The fourth-order valence-corrected chi connectivity index (χ4v) is 1.58. The zero-order valence-corrected chi connectivity index (χ0v) is 15.5. The van der Waals surface area contributed by atoms with Gasteiger partial charge >= 0.3 is 18.0 Å². The van der Waals surface area contributed by atoms with Crippen LogP contribution in [0.5, 0.6) is 0 Å². The van der Waals surface area contributed by atoms with Gasteiger partial charge in [0.2, 0.25) is 6.79 Å². The lowest BCUT2D eigenvalue weighted by Gasteiger charge is -2.19. The summed E-state index contributed by atoms with van der Waals surface area (Å²) in [5.41, 5.74) is -0.711. The molecule has 1 rings (SSSR count). The van der Waals surface area contributed by atoms with E-state index in [4.69, 9.17) is 14.2 Å². The second-order valence-corrected chi connectivity index (χ2v) is 7.44. The average molecular weight is 351 g/mol. The zero-order chi connectivity index (χ0) is 19.3. The molecular formula is C18H25NO6. The van der Waals surface area contributed by atoms with Crippen LogP contribution in [0.1, 0.15) is 51.9 Å². The molecule has 0 fully saturated rings. The van der Waals surface area contributed by atoms with Crippen LogP contribution >= 0.6 is 0 Å². The van der Waals surface area contributed by atoms with Gasteiger partial charge in [0.05, 0.1) is 11.0 Å². The molecule has 138 valence electrons. The molecule has 0 aliphatic heterocycles. The lowest BCUT2D eigenvalue weighted by molar-refractivity contribution is -0.161. The molecule has 1 N–H and O–H groups in total. The molecule has 0 unspecified atom stereocenters. The fourth-order valence-electron chi connectivity index (χ4n) is 1.58. The van der Waals surface area contributed by atoms with Gasteiger partial charge in [0, 0.05) is 5.69 Å². The highest BCUT2D eigenvalue weighted by Crippen LogP contribution is 2.16. The minimum atomic E-state index is -0.677. The predicted molar refractivity (Wildman–Crippen MR) is 92.1 cm³/mol. The molecule has 0 heterocycles. The van der Waals surface area contributed by atoms with E-state index in [9.17, 15) is 14.4 Å². The van der Waals surface area contributed by atoms with Gasteiger partial charge in [0.15, 0.2) is 0 Å². The van der Waals surface area contributed by atoms with Crippen LogP contribution in [-0.2, 0) is 19.0 Å². The van der Waals surface area contributed by atoms with Crippen LogP contribution < -0.4 is 5.32 Å².